The zero-order valence-corrected chi connectivity index (χ0v) is 13.0. The van der Waals surface area contributed by atoms with Crippen molar-refractivity contribution in [1.29, 1.82) is 0 Å². The van der Waals surface area contributed by atoms with E-state index in [2.05, 4.69) is 15.6 Å². The van der Waals surface area contributed by atoms with Crippen LogP contribution in [0.1, 0.15) is 19.4 Å². The largest absolute Gasteiger partial charge is 0.355 e. The number of amides is 2. The zero-order valence-electron chi connectivity index (χ0n) is 13.0. The van der Waals surface area contributed by atoms with E-state index < -0.39 is 0 Å². The number of carbonyl (C=O) groups is 1. The van der Waals surface area contributed by atoms with Gasteiger partial charge in [-0.2, -0.15) is 0 Å². The lowest BCUT2D eigenvalue weighted by molar-refractivity contribution is 0.203. The molecule has 0 aliphatic carbocycles. The molecule has 2 aromatic rings. The molecule has 0 saturated carbocycles. The molecule has 5 nitrogen and oxygen atoms in total. The predicted molar refractivity (Wildman–Crippen MR) is 89.1 cm³/mol. The van der Waals surface area contributed by atoms with Gasteiger partial charge in [-0.1, -0.05) is 12.1 Å². The number of nitrogens with one attached hydrogen (secondary N) is 2. The minimum Gasteiger partial charge on any atom is -0.355 e. The topological polar surface area (TPSA) is 57.3 Å². The fourth-order valence-electron chi connectivity index (χ4n) is 2.11. The average molecular weight is 298 g/mol. The second kappa shape index (κ2) is 8.02. The Hall–Kier alpha value is -2.56. The summed E-state index contributed by atoms with van der Waals surface area (Å²) in [4.78, 5) is 17.6. The third kappa shape index (κ3) is 4.48. The summed E-state index contributed by atoms with van der Waals surface area (Å²) in [6.45, 7) is 5.92. The van der Waals surface area contributed by atoms with Crippen LogP contribution in [0, 0.1) is 0 Å². The number of anilines is 2. The first-order valence-electron chi connectivity index (χ1n) is 7.51. The molecule has 0 aliphatic heterocycles. The SMILES string of the molecule is CCN(CC)C(=O)NCc1ccc(Nc2ccncc2)cc1. The minimum atomic E-state index is -0.0241. The minimum absolute atomic E-state index is 0.0241. The molecule has 2 rings (SSSR count). The normalized spacial score (nSPS) is 10.1. The van der Waals surface area contributed by atoms with Gasteiger partial charge in [0.2, 0.25) is 0 Å². The molecule has 5 heteroatoms. The van der Waals surface area contributed by atoms with Gasteiger partial charge in [0, 0.05) is 43.4 Å². The van der Waals surface area contributed by atoms with Crippen LogP contribution in [0.3, 0.4) is 0 Å². The summed E-state index contributed by atoms with van der Waals surface area (Å²) in [6.07, 6.45) is 3.50. The van der Waals surface area contributed by atoms with Gasteiger partial charge in [-0.15, -0.1) is 0 Å². The smallest absolute Gasteiger partial charge is 0.317 e. The fraction of sp³-hybridized carbons (Fsp3) is 0.294. The maximum Gasteiger partial charge on any atom is 0.317 e. The lowest BCUT2D eigenvalue weighted by atomic mass is 10.2. The van der Waals surface area contributed by atoms with Gasteiger partial charge in [0.15, 0.2) is 0 Å². The van der Waals surface area contributed by atoms with Crippen molar-refractivity contribution < 1.29 is 4.79 Å². The van der Waals surface area contributed by atoms with Crippen molar-refractivity contribution in [3.05, 3.63) is 54.4 Å². The Labute approximate surface area is 131 Å². The van der Waals surface area contributed by atoms with Crippen LogP contribution in [0.2, 0.25) is 0 Å². The molecule has 1 aromatic carbocycles. The van der Waals surface area contributed by atoms with Crippen molar-refractivity contribution >= 4 is 17.4 Å². The van der Waals surface area contributed by atoms with Gasteiger partial charge in [-0.3, -0.25) is 4.98 Å². The zero-order chi connectivity index (χ0) is 15.8. The number of pyridine rings is 1. The second-order valence-electron chi connectivity index (χ2n) is 4.89. The Balaban J connectivity index is 1.88. The molecule has 0 spiro atoms. The Kier molecular flexibility index (Phi) is 5.77. The highest BCUT2D eigenvalue weighted by Crippen LogP contribution is 2.16. The van der Waals surface area contributed by atoms with Crippen LogP contribution in [-0.2, 0) is 6.54 Å². The number of nitrogens with zero attached hydrogens (tertiary/aromatic N) is 2. The van der Waals surface area contributed by atoms with Crippen LogP contribution in [0.15, 0.2) is 48.8 Å². The second-order valence-corrected chi connectivity index (χ2v) is 4.89. The molecule has 2 N–H and O–H groups in total. The Morgan fingerprint density at radius 1 is 1.00 bits per heavy atom. The lowest BCUT2D eigenvalue weighted by Crippen LogP contribution is -2.39. The lowest BCUT2D eigenvalue weighted by Gasteiger charge is -2.19. The van der Waals surface area contributed by atoms with E-state index >= 15 is 0 Å². The molecule has 0 unspecified atom stereocenters. The maximum atomic E-state index is 11.9. The monoisotopic (exact) mass is 298 g/mol. The molecule has 0 saturated heterocycles. The number of urea groups is 1. The number of hydrogen-bond donors (Lipinski definition) is 2. The number of rotatable bonds is 6. The highest BCUT2D eigenvalue weighted by atomic mass is 16.2. The van der Waals surface area contributed by atoms with Crippen molar-refractivity contribution in [1.82, 2.24) is 15.2 Å². The Morgan fingerprint density at radius 3 is 2.18 bits per heavy atom. The van der Waals surface area contributed by atoms with Gasteiger partial charge in [-0.25, -0.2) is 4.79 Å². The third-order valence-electron chi connectivity index (χ3n) is 3.42. The highest BCUT2D eigenvalue weighted by Gasteiger charge is 2.07. The predicted octanol–water partition coefficient (Wildman–Crippen LogP) is 3.38. The molecular formula is C17H22N4O. The van der Waals surface area contributed by atoms with Crippen molar-refractivity contribution in [3.63, 3.8) is 0 Å². The molecule has 0 aliphatic rings. The van der Waals surface area contributed by atoms with E-state index in [9.17, 15) is 4.79 Å². The summed E-state index contributed by atoms with van der Waals surface area (Å²) in [6, 6.07) is 11.8. The van der Waals surface area contributed by atoms with Crippen LogP contribution in [0.5, 0.6) is 0 Å². The molecule has 0 fully saturated rings. The van der Waals surface area contributed by atoms with Gasteiger partial charge in [0.05, 0.1) is 0 Å². The summed E-state index contributed by atoms with van der Waals surface area (Å²) < 4.78 is 0. The first-order valence-corrected chi connectivity index (χ1v) is 7.51. The van der Waals surface area contributed by atoms with Crippen LogP contribution in [0.4, 0.5) is 16.2 Å². The van der Waals surface area contributed by atoms with Crippen molar-refractivity contribution in [3.8, 4) is 0 Å². The third-order valence-corrected chi connectivity index (χ3v) is 3.42. The Bertz CT molecular complexity index is 579. The van der Waals surface area contributed by atoms with Gasteiger partial charge < -0.3 is 15.5 Å². The number of carbonyl (C=O) groups excluding carboxylic acids is 1. The van der Waals surface area contributed by atoms with E-state index in [1.165, 1.54) is 0 Å². The molecule has 2 amide bonds. The molecule has 0 bridgehead atoms. The standard InChI is InChI=1S/C17H22N4O/c1-3-21(4-2)17(22)19-13-14-5-7-15(8-6-14)20-16-9-11-18-12-10-16/h5-12H,3-4,13H2,1-2H3,(H,18,20)(H,19,22). The van der Waals surface area contributed by atoms with Gasteiger partial charge >= 0.3 is 6.03 Å². The summed E-state index contributed by atoms with van der Waals surface area (Å²) >= 11 is 0. The molecule has 1 heterocycles. The highest BCUT2D eigenvalue weighted by molar-refractivity contribution is 5.74. The van der Waals surface area contributed by atoms with Crippen LogP contribution >= 0.6 is 0 Å². The van der Waals surface area contributed by atoms with Crippen molar-refractivity contribution in [2.45, 2.75) is 20.4 Å². The van der Waals surface area contributed by atoms with Gasteiger partial charge in [0.1, 0.15) is 0 Å². The Morgan fingerprint density at radius 2 is 1.59 bits per heavy atom. The quantitative estimate of drug-likeness (QED) is 0.859. The molecule has 0 atom stereocenters. The summed E-state index contributed by atoms with van der Waals surface area (Å²) in [5, 5.41) is 6.23. The molecule has 0 radical (unpaired) electrons. The molecular weight excluding hydrogens is 276 g/mol. The first-order chi connectivity index (χ1) is 10.7. The molecule has 116 valence electrons. The number of hydrogen-bond acceptors (Lipinski definition) is 3. The van der Waals surface area contributed by atoms with E-state index in [1.807, 2.05) is 50.2 Å². The maximum absolute atomic E-state index is 11.9. The fourth-order valence-corrected chi connectivity index (χ4v) is 2.11. The van der Waals surface area contributed by atoms with Crippen molar-refractivity contribution in [2.24, 2.45) is 0 Å². The summed E-state index contributed by atoms with van der Waals surface area (Å²) in [7, 11) is 0. The van der Waals surface area contributed by atoms with Gasteiger partial charge in [-0.05, 0) is 43.7 Å². The first kappa shape index (κ1) is 15.8. The van der Waals surface area contributed by atoms with E-state index in [0.29, 0.717) is 6.54 Å². The van der Waals surface area contributed by atoms with Gasteiger partial charge in [0.25, 0.3) is 0 Å². The van der Waals surface area contributed by atoms with Crippen LogP contribution in [-0.4, -0.2) is 29.0 Å². The summed E-state index contributed by atoms with van der Waals surface area (Å²) in [5.74, 6) is 0. The van der Waals surface area contributed by atoms with Crippen LogP contribution in [0.25, 0.3) is 0 Å². The average Bonchev–Trinajstić information content (AvgIpc) is 2.56. The van der Waals surface area contributed by atoms with Crippen molar-refractivity contribution in [2.75, 3.05) is 18.4 Å². The van der Waals surface area contributed by atoms with E-state index in [4.69, 9.17) is 0 Å². The number of aromatic nitrogens is 1. The molecule has 1 aromatic heterocycles. The molecule has 22 heavy (non-hydrogen) atoms. The number of benzene rings is 1. The van der Waals surface area contributed by atoms with E-state index in [0.717, 1.165) is 30.0 Å². The van der Waals surface area contributed by atoms with Crippen LogP contribution < -0.4 is 10.6 Å². The van der Waals surface area contributed by atoms with E-state index in [1.54, 1.807) is 17.3 Å². The summed E-state index contributed by atoms with van der Waals surface area (Å²) in [5.41, 5.74) is 3.07. The van der Waals surface area contributed by atoms with E-state index in [-0.39, 0.29) is 6.03 Å².